The van der Waals surface area contributed by atoms with E-state index in [2.05, 4.69) is 0 Å². The Labute approximate surface area is 123 Å². The molecular weight excluding hydrogens is 300 g/mol. The van der Waals surface area contributed by atoms with Crippen LogP contribution in [0.2, 0.25) is 0 Å². The third-order valence-electron chi connectivity index (χ3n) is 2.41. The number of rotatable bonds is 4. The number of carbonyl (C=O) groups is 1. The van der Waals surface area contributed by atoms with E-state index in [4.69, 9.17) is 0 Å². The van der Waals surface area contributed by atoms with Gasteiger partial charge in [0.25, 0.3) is 15.9 Å². The van der Waals surface area contributed by atoms with Gasteiger partial charge in [-0.25, -0.2) is 13.1 Å². The van der Waals surface area contributed by atoms with Gasteiger partial charge in [0.15, 0.2) is 12.4 Å². The van der Waals surface area contributed by atoms with Crippen molar-refractivity contribution in [2.24, 2.45) is 0 Å². The van der Waals surface area contributed by atoms with E-state index < -0.39 is 15.9 Å². The normalized spacial score (nSPS) is 10.4. The van der Waals surface area contributed by atoms with Crippen LogP contribution in [0.25, 0.3) is 0 Å². The van der Waals surface area contributed by atoms with Crippen LogP contribution < -0.4 is 21.7 Å². The molecule has 1 aromatic carbocycles. The van der Waals surface area contributed by atoms with Crippen molar-refractivity contribution >= 4 is 15.9 Å². The van der Waals surface area contributed by atoms with Gasteiger partial charge in [0.1, 0.15) is 0 Å². The average Bonchev–Trinajstić information content (AvgIpc) is 2.40. The number of carbonyl (C=O) groups excluding carboxylic acids is 1. The molecule has 0 unspecified atom stereocenters. The highest BCUT2D eigenvalue weighted by Crippen LogP contribution is 2.06. The highest BCUT2D eigenvalue weighted by atomic mass is 35.5. The lowest BCUT2D eigenvalue weighted by Gasteiger charge is -2.04. The van der Waals surface area contributed by atoms with Crippen LogP contribution >= 0.6 is 0 Å². The van der Waals surface area contributed by atoms with Crippen molar-refractivity contribution in [1.82, 2.24) is 4.72 Å². The highest BCUT2D eigenvalue weighted by Gasteiger charge is 2.19. The molecular formula is C13H13ClN2O3S. The number of halogens is 1. The highest BCUT2D eigenvalue weighted by molar-refractivity contribution is 7.90. The number of hydrogen-bond donors (Lipinski definition) is 1. The minimum Gasteiger partial charge on any atom is -1.00 e. The number of pyridine rings is 1. The van der Waals surface area contributed by atoms with Crippen LogP contribution in [0.15, 0.2) is 65.8 Å². The number of hydrogen-bond acceptors (Lipinski definition) is 3. The summed E-state index contributed by atoms with van der Waals surface area (Å²) in [6.45, 7) is -0.0487. The minimum absolute atomic E-state index is 0. The van der Waals surface area contributed by atoms with E-state index >= 15 is 0 Å². The van der Waals surface area contributed by atoms with Crippen LogP contribution in [0.4, 0.5) is 0 Å². The van der Waals surface area contributed by atoms with E-state index in [0.717, 1.165) is 0 Å². The van der Waals surface area contributed by atoms with Crippen molar-refractivity contribution in [3.05, 3.63) is 60.9 Å². The topological polar surface area (TPSA) is 67.1 Å². The first-order chi connectivity index (χ1) is 9.08. The Morgan fingerprint density at radius 1 is 1.00 bits per heavy atom. The molecule has 0 fully saturated rings. The van der Waals surface area contributed by atoms with Crippen LogP contribution in [0.1, 0.15) is 0 Å². The van der Waals surface area contributed by atoms with Gasteiger partial charge in [0.2, 0.25) is 6.54 Å². The number of amides is 1. The molecule has 0 aliphatic carbocycles. The second kappa shape index (κ2) is 7.02. The summed E-state index contributed by atoms with van der Waals surface area (Å²) in [6.07, 6.45) is 3.38. The smallest absolute Gasteiger partial charge is 0.299 e. The molecule has 1 aromatic heterocycles. The number of nitrogens with zero attached hydrogens (tertiary/aromatic N) is 1. The summed E-state index contributed by atoms with van der Waals surface area (Å²) in [7, 11) is -3.79. The summed E-state index contributed by atoms with van der Waals surface area (Å²) in [6, 6.07) is 13.1. The van der Waals surface area contributed by atoms with Crippen LogP contribution in [0.5, 0.6) is 0 Å². The van der Waals surface area contributed by atoms with Crippen molar-refractivity contribution in [2.45, 2.75) is 11.4 Å². The maximum absolute atomic E-state index is 11.9. The number of sulfonamides is 1. The third-order valence-corrected chi connectivity index (χ3v) is 3.79. The molecule has 0 saturated heterocycles. The molecule has 0 atom stereocenters. The average molecular weight is 313 g/mol. The van der Waals surface area contributed by atoms with Gasteiger partial charge in [-0.2, -0.15) is 4.57 Å². The minimum atomic E-state index is -3.79. The lowest BCUT2D eigenvalue weighted by Crippen LogP contribution is -3.00. The van der Waals surface area contributed by atoms with E-state index in [1.165, 1.54) is 12.1 Å². The molecule has 7 heteroatoms. The van der Waals surface area contributed by atoms with E-state index in [0.29, 0.717) is 0 Å². The zero-order chi connectivity index (χ0) is 13.7. The molecule has 1 amide bonds. The number of benzene rings is 1. The maximum Gasteiger partial charge on any atom is 0.299 e. The van der Waals surface area contributed by atoms with Crippen molar-refractivity contribution in [1.29, 1.82) is 0 Å². The molecule has 106 valence electrons. The van der Waals surface area contributed by atoms with Gasteiger partial charge < -0.3 is 12.4 Å². The fourth-order valence-electron chi connectivity index (χ4n) is 1.55. The Kier molecular flexibility index (Phi) is 5.66. The van der Waals surface area contributed by atoms with Crippen molar-refractivity contribution < 1.29 is 30.2 Å². The van der Waals surface area contributed by atoms with E-state index in [9.17, 15) is 13.2 Å². The van der Waals surface area contributed by atoms with Crippen LogP contribution in [0, 0.1) is 0 Å². The first-order valence-corrected chi connectivity index (χ1v) is 7.11. The monoisotopic (exact) mass is 312 g/mol. The first kappa shape index (κ1) is 16.1. The largest absolute Gasteiger partial charge is 1.00 e. The zero-order valence-corrected chi connectivity index (χ0v) is 12.0. The van der Waals surface area contributed by atoms with Crippen molar-refractivity contribution in [2.75, 3.05) is 0 Å². The first-order valence-electron chi connectivity index (χ1n) is 5.63. The Hall–Kier alpha value is -1.92. The maximum atomic E-state index is 11.9. The van der Waals surface area contributed by atoms with Crippen molar-refractivity contribution in [3.8, 4) is 0 Å². The molecule has 0 spiro atoms. The van der Waals surface area contributed by atoms with Gasteiger partial charge in [-0.15, -0.1) is 0 Å². The molecule has 20 heavy (non-hydrogen) atoms. The van der Waals surface area contributed by atoms with Gasteiger partial charge in [-0.1, -0.05) is 24.3 Å². The van der Waals surface area contributed by atoms with Gasteiger partial charge in [-0.05, 0) is 12.1 Å². The molecule has 0 saturated carbocycles. The predicted octanol–water partition coefficient (Wildman–Crippen LogP) is -2.52. The molecule has 0 bridgehead atoms. The van der Waals surface area contributed by atoms with Crippen LogP contribution in [0.3, 0.4) is 0 Å². The Morgan fingerprint density at radius 3 is 2.15 bits per heavy atom. The summed E-state index contributed by atoms with van der Waals surface area (Å²) in [5.41, 5.74) is 0. The Balaban J connectivity index is 0.00000200. The third kappa shape index (κ3) is 4.32. The Morgan fingerprint density at radius 2 is 1.55 bits per heavy atom. The summed E-state index contributed by atoms with van der Waals surface area (Å²) < 4.78 is 27.4. The van der Waals surface area contributed by atoms with E-state index in [-0.39, 0.29) is 23.8 Å². The lowest BCUT2D eigenvalue weighted by atomic mass is 10.4. The Bertz CT molecular complexity index is 661. The van der Waals surface area contributed by atoms with Crippen molar-refractivity contribution in [3.63, 3.8) is 0 Å². The molecule has 2 aromatic rings. The van der Waals surface area contributed by atoms with Crippen LogP contribution in [-0.2, 0) is 21.4 Å². The second-order valence-corrected chi connectivity index (χ2v) is 5.57. The summed E-state index contributed by atoms with van der Waals surface area (Å²) in [5.74, 6) is -0.583. The predicted molar refractivity (Wildman–Crippen MR) is 68.4 cm³/mol. The molecule has 0 aliphatic heterocycles. The fraction of sp³-hybridized carbons (Fsp3) is 0.0769. The van der Waals surface area contributed by atoms with Gasteiger partial charge in [0.05, 0.1) is 4.90 Å². The summed E-state index contributed by atoms with van der Waals surface area (Å²) in [5, 5.41) is 0. The molecule has 0 radical (unpaired) electrons. The number of nitrogens with one attached hydrogen (secondary N) is 1. The SMILES string of the molecule is O=C(C[n+]1ccccc1)NS(=O)(=O)c1ccccc1.[Cl-]. The molecule has 1 heterocycles. The summed E-state index contributed by atoms with van der Waals surface area (Å²) >= 11 is 0. The molecule has 2 rings (SSSR count). The summed E-state index contributed by atoms with van der Waals surface area (Å²) in [4.78, 5) is 11.8. The molecule has 1 N–H and O–H groups in total. The zero-order valence-electron chi connectivity index (χ0n) is 10.4. The standard InChI is InChI=1S/C13H12N2O3S.ClH/c16-13(11-15-9-5-2-6-10-15)14-19(17,18)12-7-3-1-4-8-12;/h1-10H,11H2;1H. The number of aromatic nitrogens is 1. The van der Waals surface area contributed by atoms with E-state index in [1.54, 1.807) is 47.3 Å². The quantitative estimate of drug-likeness (QED) is 0.634. The second-order valence-electron chi connectivity index (χ2n) is 3.89. The van der Waals surface area contributed by atoms with Gasteiger partial charge in [-0.3, -0.25) is 4.79 Å². The molecule has 5 nitrogen and oxygen atoms in total. The van der Waals surface area contributed by atoms with Gasteiger partial charge >= 0.3 is 0 Å². The van der Waals surface area contributed by atoms with Gasteiger partial charge in [0, 0.05) is 12.1 Å². The molecule has 0 aliphatic rings. The van der Waals surface area contributed by atoms with Crippen LogP contribution in [-0.4, -0.2) is 14.3 Å². The fourth-order valence-corrected chi connectivity index (χ4v) is 2.54. The lowest BCUT2D eigenvalue weighted by molar-refractivity contribution is -0.684. The van der Waals surface area contributed by atoms with E-state index in [1.807, 2.05) is 10.8 Å².